The van der Waals surface area contributed by atoms with Crippen LogP contribution in [-0.2, 0) is 0 Å². The van der Waals surface area contributed by atoms with Gasteiger partial charge in [0.15, 0.2) is 0 Å². The summed E-state index contributed by atoms with van der Waals surface area (Å²) in [6, 6.07) is 17.7. The standard InChI is InChI=1S/C25H25F2N3O2/c1-16-13-19(27)5-12-24(16)17(2)28-21-14-30(15-21)25(31)29-20-6-10-23(11-7-20)32-22-8-3-18(26)4-9-22/h3-13,17,21,28H,14-15H2,1-2H3,(H,29,31). The molecular weight excluding hydrogens is 412 g/mol. The molecule has 1 aliphatic rings. The van der Waals surface area contributed by atoms with Crippen LogP contribution in [0.1, 0.15) is 24.1 Å². The second-order valence-electron chi connectivity index (χ2n) is 8.00. The quantitative estimate of drug-likeness (QED) is 0.525. The predicted molar refractivity (Wildman–Crippen MR) is 120 cm³/mol. The van der Waals surface area contributed by atoms with Crippen molar-refractivity contribution in [1.82, 2.24) is 10.2 Å². The number of aryl methyl sites for hydroxylation is 1. The van der Waals surface area contributed by atoms with E-state index in [2.05, 4.69) is 10.6 Å². The largest absolute Gasteiger partial charge is 0.457 e. The molecule has 2 N–H and O–H groups in total. The summed E-state index contributed by atoms with van der Waals surface area (Å²) in [7, 11) is 0. The van der Waals surface area contributed by atoms with Gasteiger partial charge in [-0.3, -0.25) is 0 Å². The number of anilines is 1. The number of carbonyl (C=O) groups is 1. The van der Waals surface area contributed by atoms with Crippen LogP contribution in [0.4, 0.5) is 19.3 Å². The monoisotopic (exact) mass is 437 g/mol. The molecule has 1 unspecified atom stereocenters. The molecule has 1 fully saturated rings. The van der Waals surface area contributed by atoms with Gasteiger partial charge in [-0.05, 0) is 85.6 Å². The van der Waals surface area contributed by atoms with Crippen molar-refractivity contribution in [3.63, 3.8) is 0 Å². The zero-order valence-electron chi connectivity index (χ0n) is 17.9. The van der Waals surface area contributed by atoms with Gasteiger partial charge in [0.2, 0.25) is 0 Å². The normalized spacial score (nSPS) is 14.6. The minimum Gasteiger partial charge on any atom is -0.457 e. The van der Waals surface area contributed by atoms with E-state index >= 15 is 0 Å². The molecule has 1 aliphatic heterocycles. The summed E-state index contributed by atoms with van der Waals surface area (Å²) >= 11 is 0. The van der Waals surface area contributed by atoms with Gasteiger partial charge in [-0.2, -0.15) is 0 Å². The van der Waals surface area contributed by atoms with E-state index in [4.69, 9.17) is 4.74 Å². The van der Waals surface area contributed by atoms with Crippen LogP contribution in [0.5, 0.6) is 11.5 Å². The second kappa shape index (κ2) is 9.36. The molecule has 0 radical (unpaired) electrons. The molecule has 7 heteroatoms. The highest BCUT2D eigenvalue weighted by molar-refractivity contribution is 5.90. The Morgan fingerprint density at radius 1 is 0.969 bits per heavy atom. The lowest BCUT2D eigenvalue weighted by molar-refractivity contribution is 0.143. The highest BCUT2D eigenvalue weighted by Gasteiger charge is 2.31. The number of halogens is 2. The Labute approximate surface area is 186 Å². The molecule has 166 valence electrons. The van der Waals surface area contributed by atoms with Crippen LogP contribution in [0.25, 0.3) is 0 Å². The van der Waals surface area contributed by atoms with E-state index in [1.807, 2.05) is 13.8 Å². The molecule has 2 amide bonds. The van der Waals surface area contributed by atoms with Gasteiger partial charge in [0.05, 0.1) is 0 Å². The first-order valence-electron chi connectivity index (χ1n) is 10.5. The fourth-order valence-corrected chi connectivity index (χ4v) is 3.77. The number of hydrogen-bond donors (Lipinski definition) is 2. The van der Waals surface area contributed by atoms with Crippen LogP contribution in [0.15, 0.2) is 66.7 Å². The van der Waals surface area contributed by atoms with Crippen molar-refractivity contribution in [1.29, 1.82) is 0 Å². The van der Waals surface area contributed by atoms with Crippen molar-refractivity contribution in [2.24, 2.45) is 0 Å². The molecule has 0 aliphatic carbocycles. The Hall–Kier alpha value is -3.45. The number of ether oxygens (including phenoxy) is 1. The number of rotatable bonds is 6. The van der Waals surface area contributed by atoms with Crippen LogP contribution < -0.4 is 15.4 Å². The maximum Gasteiger partial charge on any atom is 0.321 e. The molecule has 1 saturated heterocycles. The minimum absolute atomic E-state index is 0.0689. The summed E-state index contributed by atoms with van der Waals surface area (Å²) in [5, 5.41) is 6.37. The lowest BCUT2D eigenvalue weighted by Crippen LogP contribution is -2.61. The van der Waals surface area contributed by atoms with Gasteiger partial charge in [-0.25, -0.2) is 13.6 Å². The lowest BCUT2D eigenvalue weighted by atomic mass is 10.00. The van der Waals surface area contributed by atoms with Gasteiger partial charge in [-0.15, -0.1) is 0 Å². The van der Waals surface area contributed by atoms with E-state index < -0.39 is 0 Å². The summed E-state index contributed by atoms with van der Waals surface area (Å²) in [5.74, 6) is 0.569. The third-order valence-corrected chi connectivity index (χ3v) is 5.51. The SMILES string of the molecule is Cc1cc(F)ccc1C(C)NC1CN(C(=O)Nc2ccc(Oc3ccc(F)cc3)cc2)C1. The maximum absolute atomic E-state index is 13.3. The molecule has 1 atom stereocenters. The maximum atomic E-state index is 13.3. The number of nitrogens with one attached hydrogen (secondary N) is 2. The molecule has 3 aromatic carbocycles. The van der Waals surface area contributed by atoms with E-state index in [0.29, 0.717) is 30.3 Å². The van der Waals surface area contributed by atoms with E-state index in [-0.39, 0.29) is 29.7 Å². The van der Waals surface area contributed by atoms with E-state index in [0.717, 1.165) is 11.1 Å². The Kier molecular flexibility index (Phi) is 6.37. The predicted octanol–water partition coefficient (Wildman–Crippen LogP) is 5.63. The summed E-state index contributed by atoms with van der Waals surface area (Å²) in [4.78, 5) is 14.2. The number of carbonyl (C=O) groups excluding carboxylic acids is 1. The Bertz CT molecular complexity index is 1080. The molecule has 0 saturated carbocycles. The molecule has 3 aromatic rings. The van der Waals surface area contributed by atoms with Crippen LogP contribution >= 0.6 is 0 Å². The minimum atomic E-state index is -0.320. The van der Waals surface area contributed by atoms with E-state index in [9.17, 15) is 13.6 Å². The van der Waals surface area contributed by atoms with Crippen LogP contribution in [0.3, 0.4) is 0 Å². The van der Waals surface area contributed by atoms with Crippen molar-refractivity contribution in [3.8, 4) is 11.5 Å². The lowest BCUT2D eigenvalue weighted by Gasteiger charge is -2.41. The van der Waals surface area contributed by atoms with Crippen LogP contribution in [0, 0.1) is 18.6 Å². The molecule has 5 nitrogen and oxygen atoms in total. The van der Waals surface area contributed by atoms with Crippen LogP contribution in [0.2, 0.25) is 0 Å². The first-order valence-corrected chi connectivity index (χ1v) is 10.5. The highest BCUT2D eigenvalue weighted by Crippen LogP contribution is 2.24. The van der Waals surface area contributed by atoms with Crippen molar-refractivity contribution >= 4 is 11.7 Å². The van der Waals surface area contributed by atoms with Gasteiger partial charge in [0, 0.05) is 30.9 Å². The fourth-order valence-electron chi connectivity index (χ4n) is 3.77. The average Bonchev–Trinajstić information content (AvgIpc) is 2.73. The number of urea groups is 1. The van der Waals surface area contributed by atoms with Crippen molar-refractivity contribution in [3.05, 3.63) is 89.5 Å². The molecule has 0 spiro atoms. The smallest absolute Gasteiger partial charge is 0.321 e. The van der Waals surface area contributed by atoms with Crippen molar-refractivity contribution in [2.75, 3.05) is 18.4 Å². The first-order chi connectivity index (χ1) is 15.4. The van der Waals surface area contributed by atoms with Gasteiger partial charge >= 0.3 is 6.03 Å². The zero-order chi connectivity index (χ0) is 22.7. The van der Waals surface area contributed by atoms with Gasteiger partial charge in [0.25, 0.3) is 0 Å². The molecule has 0 aromatic heterocycles. The van der Waals surface area contributed by atoms with Crippen molar-refractivity contribution in [2.45, 2.75) is 25.9 Å². The summed E-state index contributed by atoms with van der Waals surface area (Å²) < 4.78 is 31.9. The van der Waals surface area contributed by atoms with Gasteiger partial charge in [-0.1, -0.05) is 6.07 Å². The van der Waals surface area contributed by atoms with Crippen LogP contribution in [-0.4, -0.2) is 30.1 Å². The van der Waals surface area contributed by atoms with Gasteiger partial charge in [0.1, 0.15) is 23.1 Å². The summed E-state index contributed by atoms with van der Waals surface area (Å²) in [5.41, 5.74) is 2.62. The molecule has 4 rings (SSSR count). The van der Waals surface area contributed by atoms with E-state index in [1.165, 1.54) is 24.3 Å². The Morgan fingerprint density at radius 3 is 2.19 bits per heavy atom. The molecule has 32 heavy (non-hydrogen) atoms. The number of amides is 2. The topological polar surface area (TPSA) is 53.6 Å². The summed E-state index contributed by atoms with van der Waals surface area (Å²) in [6.07, 6.45) is 0. The van der Waals surface area contributed by atoms with Crippen molar-refractivity contribution < 1.29 is 18.3 Å². The molecule has 0 bridgehead atoms. The Morgan fingerprint density at radius 2 is 1.56 bits per heavy atom. The second-order valence-corrected chi connectivity index (χ2v) is 8.00. The molecular formula is C25H25F2N3O2. The zero-order valence-corrected chi connectivity index (χ0v) is 17.9. The number of benzene rings is 3. The number of hydrogen-bond acceptors (Lipinski definition) is 3. The third-order valence-electron chi connectivity index (χ3n) is 5.51. The average molecular weight is 437 g/mol. The fraction of sp³-hybridized carbons (Fsp3) is 0.240. The number of likely N-dealkylation sites (tertiary alicyclic amines) is 1. The summed E-state index contributed by atoms with van der Waals surface area (Å²) in [6.45, 7) is 5.13. The van der Waals surface area contributed by atoms with Gasteiger partial charge < -0.3 is 20.3 Å². The number of nitrogens with zero attached hydrogens (tertiary/aromatic N) is 1. The third kappa shape index (κ3) is 5.23. The Balaban J connectivity index is 1.24. The highest BCUT2D eigenvalue weighted by atomic mass is 19.1. The molecule has 1 heterocycles. The first kappa shape index (κ1) is 21.8. The van der Waals surface area contributed by atoms with E-state index in [1.54, 1.807) is 47.4 Å².